The number of hydrogen-bond donors (Lipinski definition) is 1. The summed E-state index contributed by atoms with van der Waals surface area (Å²) in [5.41, 5.74) is 4.49. The summed E-state index contributed by atoms with van der Waals surface area (Å²) < 4.78 is 32.4. The lowest BCUT2D eigenvalue weighted by Gasteiger charge is -2.12. The Balaban J connectivity index is 1.63. The second kappa shape index (κ2) is 8.17. The first kappa shape index (κ1) is 21.2. The molecular weight excluding hydrogens is 470 g/mol. The lowest BCUT2D eigenvalue weighted by molar-refractivity contribution is 0.0687. The van der Waals surface area contributed by atoms with Gasteiger partial charge in [-0.1, -0.05) is 12.1 Å². The predicted molar refractivity (Wildman–Crippen MR) is 130 cm³/mol. The monoisotopic (exact) mass is 489 g/mol. The SMILES string of the molecule is COc1cc2c(-c3ccc4nsnc4c3)c(C(=O)O)n(Cc3ccc4c(c3)OCO4)c2cc1OC. The molecule has 6 rings (SSSR count). The minimum Gasteiger partial charge on any atom is -0.493 e. The Bertz CT molecular complexity index is 1620. The van der Waals surface area contributed by atoms with Gasteiger partial charge in [-0.15, -0.1) is 0 Å². The van der Waals surface area contributed by atoms with Gasteiger partial charge in [0, 0.05) is 23.6 Å². The first-order valence-corrected chi connectivity index (χ1v) is 11.4. The molecule has 0 amide bonds. The Kier molecular flexibility index (Phi) is 4.96. The van der Waals surface area contributed by atoms with Gasteiger partial charge in [0.15, 0.2) is 23.0 Å². The minimum atomic E-state index is -1.05. The van der Waals surface area contributed by atoms with Crippen LogP contribution in [0.3, 0.4) is 0 Å². The Morgan fingerprint density at radius 3 is 2.57 bits per heavy atom. The van der Waals surface area contributed by atoms with Crippen molar-refractivity contribution in [1.29, 1.82) is 0 Å². The van der Waals surface area contributed by atoms with Crippen molar-refractivity contribution in [3.05, 3.63) is 59.8 Å². The third kappa shape index (κ3) is 3.41. The van der Waals surface area contributed by atoms with Crippen LogP contribution in [0, 0.1) is 0 Å². The van der Waals surface area contributed by atoms with E-state index >= 15 is 0 Å². The Hall–Kier alpha value is -4.31. The molecule has 0 saturated heterocycles. The highest BCUT2D eigenvalue weighted by Crippen LogP contribution is 2.42. The van der Waals surface area contributed by atoms with Crippen molar-refractivity contribution in [3.8, 4) is 34.1 Å². The number of carboxylic acids is 1. The molecule has 0 fully saturated rings. The average molecular weight is 490 g/mol. The van der Waals surface area contributed by atoms with Gasteiger partial charge in [0.1, 0.15) is 16.7 Å². The maximum Gasteiger partial charge on any atom is 0.353 e. The number of rotatable bonds is 6. The number of ether oxygens (including phenoxy) is 4. The summed E-state index contributed by atoms with van der Waals surface area (Å²) in [4.78, 5) is 12.7. The van der Waals surface area contributed by atoms with Gasteiger partial charge < -0.3 is 28.6 Å². The molecule has 0 aliphatic carbocycles. The number of methoxy groups -OCH3 is 2. The van der Waals surface area contributed by atoms with Crippen LogP contribution in [0.1, 0.15) is 16.1 Å². The number of nitrogens with zero attached hydrogens (tertiary/aromatic N) is 3. The number of fused-ring (bicyclic) bond motifs is 3. The lowest BCUT2D eigenvalue weighted by atomic mass is 10.0. The molecule has 9 nitrogen and oxygen atoms in total. The third-order valence-corrected chi connectivity index (χ3v) is 6.65. The molecule has 1 N–H and O–H groups in total. The van der Waals surface area contributed by atoms with Crippen LogP contribution in [0.2, 0.25) is 0 Å². The van der Waals surface area contributed by atoms with E-state index in [4.69, 9.17) is 18.9 Å². The van der Waals surface area contributed by atoms with E-state index in [0.29, 0.717) is 46.1 Å². The van der Waals surface area contributed by atoms with Crippen molar-refractivity contribution in [2.45, 2.75) is 6.54 Å². The molecular formula is C25H19N3O6S. The number of hydrogen-bond acceptors (Lipinski definition) is 8. The van der Waals surface area contributed by atoms with E-state index in [1.165, 1.54) is 0 Å². The smallest absolute Gasteiger partial charge is 0.353 e. The van der Waals surface area contributed by atoms with E-state index in [2.05, 4.69) is 8.75 Å². The second-order valence-electron chi connectivity index (χ2n) is 7.99. The van der Waals surface area contributed by atoms with Gasteiger partial charge >= 0.3 is 5.97 Å². The van der Waals surface area contributed by atoms with Crippen LogP contribution in [0.15, 0.2) is 48.5 Å². The zero-order valence-corrected chi connectivity index (χ0v) is 19.6. The molecule has 10 heteroatoms. The van der Waals surface area contributed by atoms with Crippen LogP contribution in [-0.2, 0) is 6.54 Å². The zero-order valence-electron chi connectivity index (χ0n) is 18.8. The third-order valence-electron chi connectivity index (χ3n) is 6.09. The van der Waals surface area contributed by atoms with Crippen LogP contribution < -0.4 is 18.9 Å². The largest absolute Gasteiger partial charge is 0.493 e. The molecule has 1 aliphatic rings. The number of carboxylic acid groups (broad SMARTS) is 1. The van der Waals surface area contributed by atoms with Crippen molar-refractivity contribution in [2.75, 3.05) is 21.0 Å². The van der Waals surface area contributed by atoms with Crippen LogP contribution in [0.4, 0.5) is 0 Å². The first-order chi connectivity index (χ1) is 17.1. The highest BCUT2D eigenvalue weighted by Gasteiger charge is 2.26. The molecule has 35 heavy (non-hydrogen) atoms. The minimum absolute atomic E-state index is 0.149. The van der Waals surface area contributed by atoms with Gasteiger partial charge in [-0.2, -0.15) is 8.75 Å². The summed E-state index contributed by atoms with van der Waals surface area (Å²) in [7, 11) is 3.11. The molecule has 5 aromatic rings. The first-order valence-electron chi connectivity index (χ1n) is 10.7. The van der Waals surface area contributed by atoms with Crippen LogP contribution in [0.25, 0.3) is 33.1 Å². The number of benzene rings is 3. The van der Waals surface area contributed by atoms with Gasteiger partial charge in [-0.3, -0.25) is 0 Å². The van der Waals surface area contributed by atoms with Gasteiger partial charge in [-0.25, -0.2) is 4.79 Å². The van der Waals surface area contributed by atoms with Crippen molar-refractivity contribution in [3.63, 3.8) is 0 Å². The van der Waals surface area contributed by atoms with E-state index in [1.54, 1.807) is 24.9 Å². The van der Waals surface area contributed by atoms with E-state index in [-0.39, 0.29) is 12.5 Å². The molecule has 1 aliphatic heterocycles. The number of aromatic carboxylic acids is 1. The Morgan fingerprint density at radius 2 is 1.77 bits per heavy atom. The van der Waals surface area contributed by atoms with Crippen LogP contribution >= 0.6 is 11.7 Å². The summed E-state index contributed by atoms with van der Waals surface area (Å²) in [5.74, 6) is 1.27. The van der Waals surface area contributed by atoms with E-state index in [0.717, 1.165) is 33.8 Å². The summed E-state index contributed by atoms with van der Waals surface area (Å²) in [5, 5.41) is 11.1. The summed E-state index contributed by atoms with van der Waals surface area (Å²) in [6, 6.07) is 14.8. The van der Waals surface area contributed by atoms with Crippen molar-refractivity contribution in [1.82, 2.24) is 13.3 Å². The van der Waals surface area contributed by atoms with Crippen LogP contribution in [-0.4, -0.2) is 45.4 Å². The highest BCUT2D eigenvalue weighted by atomic mass is 32.1. The fraction of sp³-hybridized carbons (Fsp3) is 0.160. The lowest BCUT2D eigenvalue weighted by Crippen LogP contribution is -2.10. The zero-order chi connectivity index (χ0) is 24.1. The maximum absolute atomic E-state index is 12.7. The summed E-state index contributed by atoms with van der Waals surface area (Å²) in [6.07, 6.45) is 0. The topological polar surface area (TPSA) is 105 Å². The quantitative estimate of drug-likeness (QED) is 0.363. The molecule has 176 valence electrons. The predicted octanol–water partition coefficient (Wildman–Crippen LogP) is 4.81. The van der Waals surface area contributed by atoms with Gasteiger partial charge in [0.25, 0.3) is 0 Å². The van der Waals surface area contributed by atoms with E-state index in [9.17, 15) is 9.90 Å². The van der Waals surface area contributed by atoms with Crippen molar-refractivity contribution >= 4 is 39.6 Å². The molecule has 3 aromatic carbocycles. The molecule has 2 aromatic heterocycles. The number of carbonyl (C=O) groups is 1. The molecule has 0 radical (unpaired) electrons. The fourth-order valence-electron chi connectivity index (χ4n) is 4.51. The number of aromatic nitrogens is 3. The normalized spacial score (nSPS) is 12.4. The molecule has 0 atom stereocenters. The second-order valence-corrected chi connectivity index (χ2v) is 8.52. The highest BCUT2D eigenvalue weighted by molar-refractivity contribution is 7.00. The maximum atomic E-state index is 12.7. The molecule has 0 unspecified atom stereocenters. The van der Waals surface area contributed by atoms with Crippen molar-refractivity contribution in [2.24, 2.45) is 0 Å². The molecule has 0 bridgehead atoms. The van der Waals surface area contributed by atoms with E-state index in [1.807, 2.05) is 42.5 Å². The molecule has 0 saturated carbocycles. The van der Waals surface area contributed by atoms with Crippen molar-refractivity contribution < 1.29 is 28.8 Å². The average Bonchev–Trinajstić information content (AvgIpc) is 3.59. The summed E-state index contributed by atoms with van der Waals surface area (Å²) >= 11 is 1.12. The summed E-state index contributed by atoms with van der Waals surface area (Å²) in [6.45, 7) is 0.464. The van der Waals surface area contributed by atoms with Gasteiger partial charge in [0.05, 0.1) is 31.5 Å². The Morgan fingerprint density at radius 1 is 1.00 bits per heavy atom. The Labute approximate surface area is 203 Å². The molecule has 0 spiro atoms. The molecule has 3 heterocycles. The van der Waals surface area contributed by atoms with Gasteiger partial charge in [-0.05, 0) is 41.5 Å². The standard InChI is InChI=1S/C25H19N3O6S/c1-31-20-9-15-18(10-21(20)32-2)28(11-13-3-6-19-22(7-13)34-12-33-19)24(25(29)30)23(15)14-4-5-16-17(8-14)27-35-26-16/h3-10H,11-12H2,1-2H3,(H,29,30). The van der Waals surface area contributed by atoms with Crippen LogP contribution in [0.5, 0.6) is 23.0 Å². The van der Waals surface area contributed by atoms with Gasteiger partial charge in [0.2, 0.25) is 6.79 Å². The van der Waals surface area contributed by atoms with E-state index < -0.39 is 5.97 Å². The fourth-order valence-corrected chi connectivity index (χ4v) is 5.03.